The second-order valence-corrected chi connectivity index (χ2v) is 9.37. The Morgan fingerprint density at radius 3 is 2.58 bits per heavy atom. The summed E-state index contributed by atoms with van der Waals surface area (Å²) in [4.78, 5) is 18.2. The third kappa shape index (κ3) is 5.26. The van der Waals surface area contributed by atoms with Crippen molar-refractivity contribution >= 4 is 10.9 Å². The minimum Gasteiger partial charge on any atom is -0.497 e. The number of rotatable bonds is 9. The molecule has 188 valence electrons. The fraction of sp³-hybridized carbons (Fsp3) is 0.407. The zero-order valence-corrected chi connectivity index (χ0v) is 20.8. The van der Waals surface area contributed by atoms with E-state index >= 15 is 0 Å². The van der Waals surface area contributed by atoms with Crippen molar-refractivity contribution in [3.63, 3.8) is 0 Å². The van der Waals surface area contributed by atoms with Gasteiger partial charge in [-0.3, -0.25) is 9.69 Å². The molecule has 9 heteroatoms. The van der Waals surface area contributed by atoms with Gasteiger partial charge in [0.05, 0.1) is 26.8 Å². The van der Waals surface area contributed by atoms with Gasteiger partial charge < -0.3 is 14.5 Å². The molecule has 2 heterocycles. The third-order valence-electron chi connectivity index (χ3n) is 6.96. The highest BCUT2D eigenvalue weighted by molar-refractivity contribution is 5.80. The van der Waals surface area contributed by atoms with E-state index in [0.717, 1.165) is 46.6 Å². The van der Waals surface area contributed by atoms with Crippen LogP contribution in [0.3, 0.4) is 0 Å². The average molecular weight is 489 g/mol. The first-order chi connectivity index (χ1) is 17.6. The Balaban J connectivity index is 1.47. The summed E-state index contributed by atoms with van der Waals surface area (Å²) in [6.45, 7) is 1.52. The number of para-hydroxylation sites is 1. The van der Waals surface area contributed by atoms with Crippen LogP contribution in [-0.2, 0) is 19.6 Å². The maximum absolute atomic E-state index is 13.0. The van der Waals surface area contributed by atoms with Gasteiger partial charge in [0.2, 0.25) is 0 Å². The smallest absolute Gasteiger partial charge is 0.252 e. The molecule has 1 aliphatic carbocycles. The number of hydrogen-bond donors (Lipinski definition) is 1. The molecule has 1 fully saturated rings. The van der Waals surface area contributed by atoms with E-state index in [4.69, 9.17) is 9.47 Å². The van der Waals surface area contributed by atoms with E-state index in [-0.39, 0.29) is 5.56 Å². The lowest BCUT2D eigenvalue weighted by molar-refractivity contribution is 0.222. The van der Waals surface area contributed by atoms with Crippen LogP contribution >= 0.6 is 0 Å². The van der Waals surface area contributed by atoms with Gasteiger partial charge in [0.25, 0.3) is 5.56 Å². The topological polar surface area (TPSA) is 98.2 Å². The summed E-state index contributed by atoms with van der Waals surface area (Å²) >= 11 is 0. The van der Waals surface area contributed by atoms with Crippen molar-refractivity contribution in [3.05, 3.63) is 75.8 Å². The van der Waals surface area contributed by atoms with Crippen LogP contribution in [0.15, 0.2) is 53.3 Å². The molecule has 0 atom stereocenters. The molecular weight excluding hydrogens is 456 g/mol. The molecule has 0 radical (unpaired) electrons. The molecule has 1 aliphatic rings. The largest absolute Gasteiger partial charge is 0.497 e. The Hall–Kier alpha value is -3.72. The Labute approximate surface area is 210 Å². The average Bonchev–Trinajstić information content (AvgIpc) is 3.37. The van der Waals surface area contributed by atoms with E-state index in [9.17, 15) is 4.79 Å². The fourth-order valence-electron chi connectivity index (χ4n) is 5.08. The summed E-state index contributed by atoms with van der Waals surface area (Å²) in [6, 6.07) is 15.9. The molecule has 2 aromatic heterocycles. The lowest BCUT2D eigenvalue weighted by atomic mass is 9.95. The predicted molar refractivity (Wildman–Crippen MR) is 137 cm³/mol. The van der Waals surface area contributed by atoms with Crippen LogP contribution in [0.25, 0.3) is 10.9 Å². The number of hydrogen-bond acceptors (Lipinski definition) is 7. The molecule has 0 unspecified atom stereocenters. The molecule has 1 saturated carbocycles. The van der Waals surface area contributed by atoms with Crippen LogP contribution in [0, 0.1) is 0 Å². The van der Waals surface area contributed by atoms with Gasteiger partial charge in [0.15, 0.2) is 5.82 Å². The molecule has 0 amide bonds. The summed E-state index contributed by atoms with van der Waals surface area (Å²) < 4.78 is 13.0. The number of aromatic amines is 1. The molecule has 4 aromatic rings. The van der Waals surface area contributed by atoms with Gasteiger partial charge >= 0.3 is 0 Å². The van der Waals surface area contributed by atoms with E-state index in [1.807, 2.05) is 53.2 Å². The minimum atomic E-state index is -0.107. The zero-order chi connectivity index (χ0) is 24.9. The van der Waals surface area contributed by atoms with Crippen LogP contribution in [0.5, 0.6) is 11.5 Å². The number of pyridine rings is 1. The van der Waals surface area contributed by atoms with Crippen molar-refractivity contribution in [2.45, 2.75) is 57.8 Å². The molecule has 2 aromatic carbocycles. The molecule has 0 spiro atoms. The number of benzene rings is 2. The first kappa shape index (κ1) is 24.0. The van der Waals surface area contributed by atoms with Crippen molar-refractivity contribution in [1.82, 2.24) is 30.1 Å². The molecule has 0 bridgehead atoms. The van der Waals surface area contributed by atoms with Crippen molar-refractivity contribution < 1.29 is 9.47 Å². The third-order valence-corrected chi connectivity index (χ3v) is 6.96. The molecule has 5 rings (SSSR count). The summed E-state index contributed by atoms with van der Waals surface area (Å²) in [5, 5.41) is 13.6. The fourth-order valence-corrected chi connectivity index (χ4v) is 5.08. The number of H-pyrrole nitrogens is 1. The standard InChI is InChI=1S/C27H32N6O3/c1-35-23-12-13-24-20(15-23)14-21(27(34)28-24)17-32(16-19-8-6-7-11-25(19)36-2)18-26-29-30-31-33(26)22-9-4-3-5-10-22/h6-8,11-15,22H,3-5,9-10,16-18H2,1-2H3,(H,28,34). The molecule has 1 N–H and O–H groups in total. The van der Waals surface area contributed by atoms with Gasteiger partial charge in [-0.05, 0) is 53.6 Å². The van der Waals surface area contributed by atoms with E-state index in [1.54, 1.807) is 14.2 Å². The van der Waals surface area contributed by atoms with Crippen molar-refractivity contribution in [2.75, 3.05) is 14.2 Å². The van der Waals surface area contributed by atoms with Gasteiger partial charge in [-0.25, -0.2) is 4.68 Å². The summed E-state index contributed by atoms with van der Waals surface area (Å²) in [5.74, 6) is 2.38. The minimum absolute atomic E-state index is 0.107. The number of methoxy groups -OCH3 is 2. The second-order valence-electron chi connectivity index (χ2n) is 9.37. The maximum Gasteiger partial charge on any atom is 0.252 e. The number of nitrogens with one attached hydrogen (secondary N) is 1. The Kier molecular flexibility index (Phi) is 7.27. The van der Waals surface area contributed by atoms with Gasteiger partial charge in [0.1, 0.15) is 11.5 Å². The highest BCUT2D eigenvalue weighted by Gasteiger charge is 2.22. The van der Waals surface area contributed by atoms with Crippen molar-refractivity contribution in [1.29, 1.82) is 0 Å². The predicted octanol–water partition coefficient (Wildman–Crippen LogP) is 4.24. The van der Waals surface area contributed by atoms with Gasteiger partial charge in [-0.1, -0.05) is 37.5 Å². The highest BCUT2D eigenvalue weighted by atomic mass is 16.5. The number of nitrogens with zero attached hydrogens (tertiary/aromatic N) is 5. The zero-order valence-electron chi connectivity index (χ0n) is 20.8. The van der Waals surface area contributed by atoms with Crippen LogP contribution in [0.4, 0.5) is 0 Å². The Morgan fingerprint density at radius 2 is 1.78 bits per heavy atom. The van der Waals surface area contributed by atoms with E-state index < -0.39 is 0 Å². The van der Waals surface area contributed by atoms with Gasteiger partial charge in [-0.2, -0.15) is 0 Å². The molecule has 0 saturated heterocycles. The number of ether oxygens (including phenoxy) is 2. The molecular formula is C27H32N6O3. The summed E-state index contributed by atoms with van der Waals surface area (Å²) in [7, 11) is 3.31. The SMILES string of the molecule is COc1ccc2[nH]c(=O)c(CN(Cc3ccccc3OC)Cc3nnnn3C3CCCCC3)cc2c1. The molecule has 0 aliphatic heterocycles. The Bertz CT molecular complexity index is 1380. The van der Waals surface area contributed by atoms with Gasteiger partial charge in [0, 0.05) is 35.1 Å². The molecule has 9 nitrogen and oxygen atoms in total. The first-order valence-corrected chi connectivity index (χ1v) is 12.5. The Morgan fingerprint density at radius 1 is 0.972 bits per heavy atom. The van der Waals surface area contributed by atoms with Crippen LogP contribution < -0.4 is 15.0 Å². The molecule has 36 heavy (non-hydrogen) atoms. The van der Waals surface area contributed by atoms with Crippen LogP contribution in [0.2, 0.25) is 0 Å². The number of fused-ring (bicyclic) bond motifs is 1. The lowest BCUT2D eigenvalue weighted by Crippen LogP contribution is -2.29. The number of tetrazole rings is 1. The van der Waals surface area contributed by atoms with Crippen molar-refractivity contribution in [3.8, 4) is 11.5 Å². The monoisotopic (exact) mass is 488 g/mol. The second kappa shape index (κ2) is 10.9. The van der Waals surface area contributed by atoms with E-state index in [2.05, 4.69) is 25.4 Å². The quantitative estimate of drug-likeness (QED) is 0.376. The number of aromatic nitrogens is 5. The van der Waals surface area contributed by atoms with E-state index in [1.165, 1.54) is 19.3 Å². The first-order valence-electron chi connectivity index (χ1n) is 12.5. The highest BCUT2D eigenvalue weighted by Crippen LogP contribution is 2.29. The van der Waals surface area contributed by atoms with E-state index in [0.29, 0.717) is 31.2 Å². The summed E-state index contributed by atoms with van der Waals surface area (Å²) in [6.07, 6.45) is 5.85. The normalized spacial score (nSPS) is 14.4. The van der Waals surface area contributed by atoms with Gasteiger partial charge in [-0.15, -0.1) is 5.10 Å². The van der Waals surface area contributed by atoms with Crippen LogP contribution in [0.1, 0.15) is 55.1 Å². The maximum atomic E-state index is 13.0. The van der Waals surface area contributed by atoms with Crippen LogP contribution in [-0.4, -0.2) is 44.3 Å². The summed E-state index contributed by atoms with van der Waals surface area (Å²) in [5.41, 5.74) is 2.38. The van der Waals surface area contributed by atoms with Crippen molar-refractivity contribution in [2.24, 2.45) is 0 Å². The lowest BCUT2D eigenvalue weighted by Gasteiger charge is -2.26.